The first-order chi connectivity index (χ1) is 16.8. The molecule has 176 valence electrons. The number of fused-ring (bicyclic) bond motifs is 1. The minimum atomic E-state index is -0.204. The lowest BCUT2D eigenvalue weighted by atomic mass is 9.81. The zero-order valence-electron chi connectivity index (χ0n) is 19.4. The molecule has 1 N–H and O–H groups in total. The Morgan fingerprint density at radius 1 is 1.00 bits per heavy atom. The van der Waals surface area contributed by atoms with Gasteiger partial charge in [-0.1, -0.05) is 67.3 Å². The topological polar surface area (TPSA) is 79.2 Å². The van der Waals surface area contributed by atoms with Gasteiger partial charge >= 0.3 is 0 Å². The van der Waals surface area contributed by atoms with Crippen LogP contribution in [0.1, 0.15) is 55.7 Å². The molecule has 3 aromatic rings. The summed E-state index contributed by atoms with van der Waals surface area (Å²) in [6.45, 7) is 1.64. The quantitative estimate of drug-likeness (QED) is 0.470. The van der Waals surface area contributed by atoms with E-state index in [0.717, 1.165) is 40.8 Å². The summed E-state index contributed by atoms with van der Waals surface area (Å²) in [4.78, 5) is 18.0. The Bertz CT molecular complexity index is 1140. The monoisotopic (exact) mass is 457 g/mol. The molecule has 1 atom stereocenters. The van der Waals surface area contributed by atoms with E-state index in [2.05, 4.69) is 32.9 Å². The molecule has 1 aliphatic heterocycles. The molecule has 1 saturated carbocycles. The molecule has 2 aliphatic rings. The number of rotatable bonds is 7. The molecule has 1 aromatic heterocycles. The van der Waals surface area contributed by atoms with E-state index < -0.39 is 0 Å². The van der Waals surface area contributed by atoms with E-state index in [1.54, 1.807) is 5.12 Å². The highest BCUT2D eigenvalue weighted by molar-refractivity contribution is 5.83. The van der Waals surface area contributed by atoms with Crippen molar-refractivity contribution in [3.8, 4) is 5.75 Å². The Morgan fingerprint density at radius 3 is 2.56 bits per heavy atom. The predicted octanol–water partition coefficient (Wildman–Crippen LogP) is 5.58. The maximum Gasteiger partial charge on any atom is 0.247 e. The molecule has 0 radical (unpaired) electrons. The summed E-state index contributed by atoms with van der Waals surface area (Å²) in [7, 11) is 0. The van der Waals surface area contributed by atoms with E-state index in [4.69, 9.17) is 4.74 Å². The van der Waals surface area contributed by atoms with Crippen LogP contribution < -0.4 is 10.2 Å². The van der Waals surface area contributed by atoms with Gasteiger partial charge in [-0.25, -0.2) is 10.4 Å². The molecular formula is C27H31N5O2. The third kappa shape index (κ3) is 5.35. The van der Waals surface area contributed by atoms with Crippen LogP contribution >= 0.6 is 0 Å². The van der Waals surface area contributed by atoms with Gasteiger partial charge in [0.25, 0.3) is 0 Å². The van der Waals surface area contributed by atoms with Crippen LogP contribution in [0.2, 0.25) is 0 Å². The van der Waals surface area contributed by atoms with Gasteiger partial charge in [0.05, 0.1) is 30.2 Å². The third-order valence-corrected chi connectivity index (χ3v) is 6.76. The maximum atomic E-state index is 13.3. The summed E-state index contributed by atoms with van der Waals surface area (Å²) in [5.41, 5.74) is 5.84. The van der Waals surface area contributed by atoms with Gasteiger partial charge in [0.2, 0.25) is 5.91 Å². The number of para-hydroxylation sites is 1. The Kier molecular flexibility index (Phi) is 6.98. The van der Waals surface area contributed by atoms with E-state index in [-0.39, 0.29) is 11.8 Å². The Morgan fingerprint density at radius 2 is 1.79 bits per heavy atom. The van der Waals surface area contributed by atoms with Crippen molar-refractivity contribution in [2.45, 2.75) is 51.0 Å². The summed E-state index contributed by atoms with van der Waals surface area (Å²) < 4.78 is 6.01. The summed E-state index contributed by atoms with van der Waals surface area (Å²) in [5.74, 6) is 0.898. The van der Waals surface area contributed by atoms with Crippen molar-refractivity contribution in [3.05, 3.63) is 71.9 Å². The molecule has 1 fully saturated rings. The number of aromatic nitrogens is 1. The maximum absolute atomic E-state index is 13.3. The molecule has 5 rings (SSSR count). The molecule has 1 aliphatic carbocycles. The second-order valence-electron chi connectivity index (χ2n) is 9.14. The SMILES string of the molecule is O=C(NN1CCN=N1)C(c1ccc(OCc2ccc3ccccc3n2)cc1)C1CCCCCC1. The molecule has 0 bridgehead atoms. The highest BCUT2D eigenvalue weighted by atomic mass is 16.5. The number of hydrazine groups is 1. The minimum absolute atomic E-state index is 0.00165. The number of carbonyl (C=O) groups is 1. The predicted molar refractivity (Wildman–Crippen MR) is 131 cm³/mol. The molecular weight excluding hydrogens is 426 g/mol. The third-order valence-electron chi connectivity index (χ3n) is 6.76. The van der Waals surface area contributed by atoms with Gasteiger partial charge in [0.1, 0.15) is 12.4 Å². The van der Waals surface area contributed by atoms with Gasteiger partial charge in [-0.05, 0) is 48.6 Å². The molecule has 1 unspecified atom stereocenters. The van der Waals surface area contributed by atoms with Gasteiger partial charge < -0.3 is 4.74 Å². The average molecular weight is 458 g/mol. The number of benzene rings is 2. The first-order valence-electron chi connectivity index (χ1n) is 12.3. The standard InChI is InChI=1S/C27H31N5O2/c33-27(30-32-18-17-28-31-32)26(21-8-3-1-2-4-9-21)22-12-15-24(16-13-22)34-19-23-14-11-20-7-5-6-10-25(20)29-23/h5-7,10-16,21,26H,1-4,8-9,17-19H2,(H,30,33). The molecule has 34 heavy (non-hydrogen) atoms. The summed E-state index contributed by atoms with van der Waals surface area (Å²) >= 11 is 0. The summed E-state index contributed by atoms with van der Waals surface area (Å²) in [6, 6.07) is 20.1. The first-order valence-corrected chi connectivity index (χ1v) is 12.3. The summed E-state index contributed by atoms with van der Waals surface area (Å²) in [5, 5.41) is 10.6. The number of amides is 1. The smallest absolute Gasteiger partial charge is 0.247 e. The number of ether oxygens (including phenoxy) is 1. The molecule has 1 amide bonds. The fraction of sp³-hybridized carbons (Fsp3) is 0.407. The lowest BCUT2D eigenvalue weighted by Gasteiger charge is -2.27. The van der Waals surface area contributed by atoms with Crippen molar-refractivity contribution in [2.75, 3.05) is 13.1 Å². The minimum Gasteiger partial charge on any atom is -0.487 e. The van der Waals surface area contributed by atoms with Gasteiger partial charge in [-0.15, -0.1) is 0 Å². The molecule has 7 heteroatoms. The highest BCUT2D eigenvalue weighted by Gasteiger charge is 2.31. The fourth-order valence-electron chi connectivity index (χ4n) is 4.98. The van der Waals surface area contributed by atoms with Crippen LogP contribution in [0.15, 0.2) is 71.0 Å². The molecule has 2 aromatic carbocycles. The normalized spacial score (nSPS) is 17.5. The second-order valence-corrected chi connectivity index (χ2v) is 9.14. The Hall–Kier alpha value is -3.48. The van der Waals surface area contributed by atoms with E-state index in [0.29, 0.717) is 25.6 Å². The van der Waals surface area contributed by atoms with Crippen molar-refractivity contribution in [3.63, 3.8) is 0 Å². The largest absolute Gasteiger partial charge is 0.487 e. The van der Waals surface area contributed by atoms with Crippen LogP contribution in [0.5, 0.6) is 5.75 Å². The van der Waals surface area contributed by atoms with Crippen LogP contribution in [0.25, 0.3) is 10.9 Å². The highest BCUT2D eigenvalue weighted by Crippen LogP contribution is 2.36. The van der Waals surface area contributed by atoms with Crippen molar-refractivity contribution in [1.29, 1.82) is 0 Å². The van der Waals surface area contributed by atoms with Crippen LogP contribution in [-0.4, -0.2) is 29.1 Å². The van der Waals surface area contributed by atoms with Crippen molar-refractivity contribution < 1.29 is 9.53 Å². The second kappa shape index (κ2) is 10.6. The van der Waals surface area contributed by atoms with Crippen LogP contribution in [-0.2, 0) is 11.4 Å². The fourth-order valence-corrected chi connectivity index (χ4v) is 4.98. The summed E-state index contributed by atoms with van der Waals surface area (Å²) in [6.07, 6.45) is 7.01. The van der Waals surface area contributed by atoms with Gasteiger partial charge in [0.15, 0.2) is 0 Å². The van der Waals surface area contributed by atoms with Crippen LogP contribution in [0, 0.1) is 5.92 Å². The average Bonchev–Trinajstić information content (AvgIpc) is 3.24. The van der Waals surface area contributed by atoms with Crippen LogP contribution in [0.4, 0.5) is 0 Å². The number of hydrogen-bond acceptors (Lipinski definition) is 6. The van der Waals surface area contributed by atoms with Gasteiger partial charge in [0, 0.05) is 5.39 Å². The van der Waals surface area contributed by atoms with E-state index >= 15 is 0 Å². The Balaban J connectivity index is 1.29. The molecule has 2 heterocycles. The van der Waals surface area contributed by atoms with Crippen molar-refractivity contribution in [1.82, 2.24) is 15.5 Å². The van der Waals surface area contributed by atoms with Crippen molar-refractivity contribution >= 4 is 16.8 Å². The lowest BCUT2D eigenvalue weighted by Crippen LogP contribution is -2.42. The first kappa shape index (κ1) is 22.3. The van der Waals surface area contributed by atoms with Gasteiger partial charge in [-0.3, -0.25) is 4.79 Å². The zero-order valence-corrected chi connectivity index (χ0v) is 19.4. The molecule has 0 spiro atoms. The lowest BCUT2D eigenvalue weighted by molar-refractivity contribution is -0.128. The Labute approximate surface area is 200 Å². The number of carbonyl (C=O) groups excluding carboxylic acids is 1. The molecule has 7 nitrogen and oxygen atoms in total. The number of nitrogens with zero attached hydrogens (tertiary/aromatic N) is 4. The zero-order chi connectivity index (χ0) is 23.2. The number of hydrogen-bond donors (Lipinski definition) is 1. The van der Waals surface area contributed by atoms with E-state index in [9.17, 15) is 4.79 Å². The van der Waals surface area contributed by atoms with E-state index in [1.807, 2.05) is 48.5 Å². The van der Waals surface area contributed by atoms with Crippen LogP contribution in [0.3, 0.4) is 0 Å². The number of nitrogens with one attached hydrogen (secondary N) is 1. The van der Waals surface area contributed by atoms with Gasteiger partial charge in [-0.2, -0.15) is 10.2 Å². The van der Waals surface area contributed by atoms with E-state index in [1.165, 1.54) is 25.7 Å². The number of pyridine rings is 1. The van der Waals surface area contributed by atoms with Crippen molar-refractivity contribution in [2.24, 2.45) is 16.3 Å². The molecule has 0 saturated heterocycles.